The number of amides is 1. The van der Waals surface area contributed by atoms with Gasteiger partial charge in [0.15, 0.2) is 6.10 Å². The van der Waals surface area contributed by atoms with E-state index in [1.807, 2.05) is 0 Å². The third kappa shape index (κ3) is 5.72. The molecule has 1 aromatic carbocycles. The van der Waals surface area contributed by atoms with Crippen LogP contribution >= 0.6 is 11.6 Å². The van der Waals surface area contributed by atoms with Crippen molar-refractivity contribution < 1.29 is 37.0 Å². The second kappa shape index (κ2) is 9.65. The van der Waals surface area contributed by atoms with Crippen molar-refractivity contribution in [1.29, 1.82) is 0 Å². The topological polar surface area (TPSA) is 120 Å². The molecule has 0 aliphatic heterocycles. The van der Waals surface area contributed by atoms with Gasteiger partial charge in [0.1, 0.15) is 17.3 Å². The lowest BCUT2D eigenvalue weighted by molar-refractivity contribution is -0.144. The zero-order valence-corrected chi connectivity index (χ0v) is 18.1. The number of carbonyl (C=O) groups excluding carboxylic acids is 1. The Morgan fingerprint density at radius 3 is 2.36 bits per heavy atom. The minimum absolute atomic E-state index is 0.135. The smallest absolute Gasteiger partial charge is 0.431 e. The molecule has 2 N–H and O–H groups in total. The first-order chi connectivity index (χ1) is 15.1. The van der Waals surface area contributed by atoms with Gasteiger partial charge in [0.25, 0.3) is 11.5 Å². The molecule has 0 fully saturated rings. The number of aromatic nitrogens is 2. The summed E-state index contributed by atoms with van der Waals surface area (Å²) in [6, 6.07) is 1.58. The minimum atomic E-state index is -5.00. The van der Waals surface area contributed by atoms with Gasteiger partial charge in [-0.05, 0) is 13.0 Å². The van der Waals surface area contributed by atoms with Crippen LogP contribution in [0.4, 0.5) is 17.6 Å². The van der Waals surface area contributed by atoms with Gasteiger partial charge in [-0.1, -0.05) is 18.5 Å². The van der Waals surface area contributed by atoms with E-state index in [1.165, 1.54) is 13.8 Å². The molecule has 1 aromatic heterocycles. The van der Waals surface area contributed by atoms with Crippen LogP contribution < -0.4 is 21.3 Å². The Hall–Kier alpha value is -3.35. The molecular weight excluding hydrogens is 478 g/mol. The number of carboxylic acids is 1. The van der Waals surface area contributed by atoms with E-state index in [9.17, 15) is 36.7 Å². The molecule has 0 radical (unpaired) electrons. The first kappa shape index (κ1) is 25.9. The highest BCUT2D eigenvalue weighted by molar-refractivity contribution is 6.32. The molecule has 0 aliphatic rings. The van der Waals surface area contributed by atoms with Crippen LogP contribution in [0.3, 0.4) is 0 Å². The lowest BCUT2D eigenvalue weighted by atomic mass is 10.2. The number of halogens is 5. The summed E-state index contributed by atoms with van der Waals surface area (Å²) in [7, 11) is 0.761. The molecule has 33 heavy (non-hydrogen) atoms. The van der Waals surface area contributed by atoms with Crippen LogP contribution in [0.1, 0.15) is 19.5 Å². The summed E-state index contributed by atoms with van der Waals surface area (Å²) in [5.74, 6) is -4.33. The number of benzene rings is 1. The Balaban J connectivity index is 2.44. The van der Waals surface area contributed by atoms with Crippen molar-refractivity contribution in [2.75, 3.05) is 6.54 Å². The molecule has 2 unspecified atom stereocenters. The molecule has 2 atom stereocenters. The molecule has 9 nitrogen and oxygen atoms in total. The van der Waals surface area contributed by atoms with Crippen LogP contribution in [0.5, 0.6) is 5.75 Å². The second-order valence-corrected chi connectivity index (χ2v) is 7.43. The largest absolute Gasteiger partial charge is 0.481 e. The lowest BCUT2D eigenvalue weighted by Crippen LogP contribution is -2.41. The summed E-state index contributed by atoms with van der Waals surface area (Å²) in [5.41, 5.74) is -5.21. The highest BCUT2D eigenvalue weighted by atomic mass is 35.5. The number of rotatable bonds is 7. The van der Waals surface area contributed by atoms with Gasteiger partial charge in [-0.15, -0.1) is 0 Å². The predicted molar refractivity (Wildman–Crippen MR) is 107 cm³/mol. The SMILES string of the molecule is CC(CNC(=O)C(C)Oc1cc(-n2c(=O)cc(C(F)(F)F)n(C)c2=O)c(F)cc1Cl)C(=O)O. The highest BCUT2D eigenvalue weighted by Gasteiger charge is 2.35. The van der Waals surface area contributed by atoms with Crippen LogP contribution in [-0.2, 0) is 22.8 Å². The molecule has 0 bridgehead atoms. The van der Waals surface area contributed by atoms with E-state index in [0.717, 1.165) is 13.1 Å². The molecule has 14 heteroatoms. The van der Waals surface area contributed by atoms with E-state index in [-0.39, 0.29) is 32.5 Å². The van der Waals surface area contributed by atoms with Gasteiger partial charge in [0, 0.05) is 25.7 Å². The Labute approximate surface area is 188 Å². The maximum atomic E-state index is 14.5. The van der Waals surface area contributed by atoms with Crippen LogP contribution in [0.15, 0.2) is 27.8 Å². The quantitative estimate of drug-likeness (QED) is 0.567. The van der Waals surface area contributed by atoms with Crippen molar-refractivity contribution in [2.24, 2.45) is 13.0 Å². The normalized spacial score (nSPS) is 13.3. The number of carboxylic acid groups (broad SMARTS) is 1. The van der Waals surface area contributed by atoms with Crippen LogP contribution in [0.2, 0.25) is 5.02 Å². The second-order valence-electron chi connectivity index (χ2n) is 7.02. The Kier molecular flexibility index (Phi) is 7.57. The molecule has 0 aliphatic carbocycles. The summed E-state index contributed by atoms with van der Waals surface area (Å²) in [6.45, 7) is 2.42. The van der Waals surface area contributed by atoms with Gasteiger partial charge >= 0.3 is 17.8 Å². The number of nitrogens with one attached hydrogen (secondary N) is 1. The van der Waals surface area contributed by atoms with E-state index in [4.69, 9.17) is 21.4 Å². The maximum absolute atomic E-state index is 14.5. The minimum Gasteiger partial charge on any atom is -0.481 e. The number of carbonyl (C=O) groups is 2. The number of alkyl halides is 3. The first-order valence-corrected chi connectivity index (χ1v) is 9.59. The van der Waals surface area contributed by atoms with E-state index in [1.54, 1.807) is 0 Å². The number of ether oxygens (including phenoxy) is 1. The number of hydrogen-bond acceptors (Lipinski definition) is 5. The zero-order valence-electron chi connectivity index (χ0n) is 17.4. The molecule has 0 saturated carbocycles. The fraction of sp³-hybridized carbons (Fsp3) is 0.368. The van der Waals surface area contributed by atoms with Crippen molar-refractivity contribution in [2.45, 2.75) is 26.1 Å². The summed E-state index contributed by atoms with van der Waals surface area (Å²) >= 11 is 5.91. The van der Waals surface area contributed by atoms with Gasteiger partial charge in [0.2, 0.25) is 0 Å². The maximum Gasteiger partial charge on any atom is 0.431 e. The van der Waals surface area contributed by atoms with E-state index < -0.39 is 58.5 Å². The van der Waals surface area contributed by atoms with Crippen LogP contribution in [-0.4, -0.2) is 38.8 Å². The molecule has 1 heterocycles. The Morgan fingerprint density at radius 2 is 1.82 bits per heavy atom. The molecule has 180 valence electrons. The molecule has 0 spiro atoms. The zero-order chi connectivity index (χ0) is 25.2. The third-order valence-corrected chi connectivity index (χ3v) is 4.83. The fourth-order valence-corrected chi connectivity index (χ4v) is 2.82. The average molecular weight is 496 g/mol. The first-order valence-electron chi connectivity index (χ1n) is 9.22. The monoisotopic (exact) mass is 495 g/mol. The molecular formula is C19H18ClF4N3O6. The Morgan fingerprint density at radius 1 is 1.21 bits per heavy atom. The summed E-state index contributed by atoms with van der Waals surface area (Å²) < 4.78 is 59.2. The van der Waals surface area contributed by atoms with Crippen molar-refractivity contribution >= 4 is 23.5 Å². The lowest BCUT2D eigenvalue weighted by Gasteiger charge is -2.18. The van der Waals surface area contributed by atoms with Crippen molar-refractivity contribution in [3.63, 3.8) is 0 Å². The van der Waals surface area contributed by atoms with Gasteiger partial charge in [-0.25, -0.2) is 13.8 Å². The molecule has 2 aromatic rings. The van der Waals surface area contributed by atoms with Crippen molar-refractivity contribution in [3.05, 3.63) is 55.6 Å². The Bertz CT molecular complexity index is 1210. The van der Waals surface area contributed by atoms with E-state index in [0.29, 0.717) is 6.07 Å². The number of aliphatic carboxylic acids is 1. The highest BCUT2D eigenvalue weighted by Crippen LogP contribution is 2.30. The average Bonchev–Trinajstić information content (AvgIpc) is 2.70. The molecule has 1 amide bonds. The molecule has 2 rings (SSSR count). The number of nitrogens with zero attached hydrogens (tertiary/aromatic N) is 2. The number of hydrogen-bond donors (Lipinski definition) is 2. The van der Waals surface area contributed by atoms with E-state index in [2.05, 4.69) is 5.32 Å². The van der Waals surface area contributed by atoms with E-state index >= 15 is 0 Å². The van der Waals surface area contributed by atoms with Crippen molar-refractivity contribution in [3.8, 4) is 11.4 Å². The van der Waals surface area contributed by atoms with Gasteiger partial charge in [-0.3, -0.25) is 19.0 Å². The fourth-order valence-electron chi connectivity index (χ4n) is 2.63. The molecule has 0 saturated heterocycles. The third-order valence-electron chi connectivity index (χ3n) is 4.53. The van der Waals surface area contributed by atoms with Crippen LogP contribution in [0.25, 0.3) is 5.69 Å². The van der Waals surface area contributed by atoms with Crippen LogP contribution in [0, 0.1) is 11.7 Å². The summed E-state index contributed by atoms with van der Waals surface area (Å²) in [6.07, 6.45) is -6.27. The van der Waals surface area contributed by atoms with Crippen molar-refractivity contribution in [1.82, 2.24) is 14.5 Å². The standard InChI is InChI=1S/C19H18ClF4N3O6/c1-8(17(30)31)7-25-16(29)9(2)33-13-5-12(11(21)4-10(13)20)27-15(28)6-14(19(22,23)24)26(3)18(27)32/h4-6,8-9H,7H2,1-3H3,(H,25,29)(H,30,31). The van der Waals surface area contributed by atoms with Gasteiger partial charge in [0.05, 0.1) is 16.6 Å². The van der Waals surface area contributed by atoms with Gasteiger partial charge < -0.3 is 15.2 Å². The summed E-state index contributed by atoms with van der Waals surface area (Å²) in [4.78, 5) is 47.6. The predicted octanol–water partition coefficient (Wildman–Crippen LogP) is 1.95. The summed E-state index contributed by atoms with van der Waals surface area (Å²) in [5, 5.41) is 10.8. The van der Waals surface area contributed by atoms with Gasteiger partial charge in [-0.2, -0.15) is 13.2 Å².